The summed E-state index contributed by atoms with van der Waals surface area (Å²) in [7, 11) is 0. The summed E-state index contributed by atoms with van der Waals surface area (Å²) in [5.74, 6) is -0.0209. The van der Waals surface area contributed by atoms with Crippen molar-refractivity contribution in [3.8, 4) is 0 Å². The number of hydrogen-bond donors (Lipinski definition) is 2. The van der Waals surface area contributed by atoms with Crippen LogP contribution < -0.4 is 11.1 Å². The molecule has 4 aromatic rings. The largest absolute Gasteiger partial charge is 0.383 e. The Hall–Kier alpha value is -3.74. The zero-order chi connectivity index (χ0) is 25.7. The van der Waals surface area contributed by atoms with Crippen LogP contribution in [0, 0.1) is 0 Å². The molecule has 0 atom stereocenters. The van der Waals surface area contributed by atoms with Gasteiger partial charge in [-0.15, -0.1) is 0 Å². The highest BCUT2D eigenvalue weighted by atomic mass is 16.1. The van der Waals surface area contributed by atoms with Crippen LogP contribution in [0.4, 0.5) is 5.82 Å². The summed E-state index contributed by atoms with van der Waals surface area (Å²) >= 11 is 0. The SMILES string of the molecule is CCCCCCCNC(=O)c1c(N)n(/N=C\c2ccc(C(C)(C)C)cc2)c2nc3ccccc3nc12. The summed E-state index contributed by atoms with van der Waals surface area (Å²) in [6, 6.07) is 15.8. The number of nitrogen functional groups attached to an aromatic ring is 1. The number of fused-ring (bicyclic) bond motifs is 2. The molecule has 0 unspecified atom stereocenters. The maximum absolute atomic E-state index is 13.2. The minimum atomic E-state index is -0.249. The molecular formula is C29H36N6O. The molecule has 0 aliphatic heterocycles. The first-order valence-electron chi connectivity index (χ1n) is 12.8. The van der Waals surface area contributed by atoms with Crippen molar-refractivity contribution in [2.24, 2.45) is 5.10 Å². The predicted molar refractivity (Wildman–Crippen MR) is 149 cm³/mol. The Balaban J connectivity index is 1.68. The van der Waals surface area contributed by atoms with Crippen molar-refractivity contribution in [1.82, 2.24) is 20.0 Å². The quantitative estimate of drug-likeness (QED) is 0.223. The van der Waals surface area contributed by atoms with E-state index in [4.69, 9.17) is 15.7 Å². The fourth-order valence-corrected chi connectivity index (χ4v) is 4.20. The molecule has 0 saturated carbocycles. The van der Waals surface area contributed by atoms with Gasteiger partial charge in [0, 0.05) is 6.54 Å². The van der Waals surface area contributed by atoms with E-state index in [1.165, 1.54) is 29.5 Å². The van der Waals surface area contributed by atoms with E-state index in [-0.39, 0.29) is 17.1 Å². The number of rotatable bonds is 9. The molecule has 0 saturated heterocycles. The van der Waals surface area contributed by atoms with Crippen molar-refractivity contribution >= 4 is 40.1 Å². The van der Waals surface area contributed by atoms with Gasteiger partial charge in [0.15, 0.2) is 5.65 Å². The molecule has 188 valence electrons. The zero-order valence-corrected chi connectivity index (χ0v) is 21.7. The number of carbonyl (C=O) groups is 1. The molecule has 0 spiro atoms. The Bertz CT molecular complexity index is 1380. The molecule has 0 aliphatic carbocycles. The van der Waals surface area contributed by atoms with Crippen LogP contribution >= 0.6 is 0 Å². The van der Waals surface area contributed by atoms with Gasteiger partial charge >= 0.3 is 0 Å². The van der Waals surface area contributed by atoms with Crippen LogP contribution in [0.2, 0.25) is 0 Å². The number of nitrogens with zero attached hydrogens (tertiary/aromatic N) is 4. The number of anilines is 1. The van der Waals surface area contributed by atoms with Gasteiger partial charge in [0.05, 0.1) is 17.2 Å². The van der Waals surface area contributed by atoms with E-state index in [0.29, 0.717) is 28.8 Å². The van der Waals surface area contributed by atoms with Crippen LogP contribution in [0.15, 0.2) is 53.6 Å². The first-order chi connectivity index (χ1) is 17.3. The maximum atomic E-state index is 13.2. The van der Waals surface area contributed by atoms with E-state index in [1.54, 1.807) is 6.21 Å². The number of benzene rings is 2. The van der Waals surface area contributed by atoms with Crippen molar-refractivity contribution in [2.75, 3.05) is 12.3 Å². The highest BCUT2D eigenvalue weighted by Crippen LogP contribution is 2.28. The molecule has 0 radical (unpaired) electrons. The number of para-hydroxylation sites is 2. The minimum absolute atomic E-state index is 0.0750. The number of carbonyl (C=O) groups excluding carboxylic acids is 1. The van der Waals surface area contributed by atoms with Crippen molar-refractivity contribution < 1.29 is 4.79 Å². The Morgan fingerprint density at radius 3 is 2.33 bits per heavy atom. The second-order valence-electron chi connectivity index (χ2n) is 10.2. The summed E-state index contributed by atoms with van der Waals surface area (Å²) in [6.07, 6.45) is 7.34. The summed E-state index contributed by atoms with van der Waals surface area (Å²) in [4.78, 5) is 22.7. The Morgan fingerprint density at radius 1 is 1.00 bits per heavy atom. The van der Waals surface area contributed by atoms with E-state index in [2.05, 4.69) is 50.2 Å². The van der Waals surface area contributed by atoms with Crippen LogP contribution in [0.1, 0.15) is 81.3 Å². The first-order valence-corrected chi connectivity index (χ1v) is 12.8. The van der Waals surface area contributed by atoms with Gasteiger partial charge in [-0.1, -0.05) is 89.8 Å². The van der Waals surface area contributed by atoms with Gasteiger partial charge in [-0.05, 0) is 35.1 Å². The van der Waals surface area contributed by atoms with Crippen LogP contribution in [-0.2, 0) is 5.41 Å². The molecule has 2 heterocycles. The van der Waals surface area contributed by atoms with Crippen molar-refractivity contribution in [2.45, 2.75) is 65.2 Å². The van der Waals surface area contributed by atoms with Crippen molar-refractivity contribution in [3.05, 3.63) is 65.2 Å². The molecule has 1 amide bonds. The Kier molecular flexibility index (Phi) is 7.67. The van der Waals surface area contributed by atoms with Crippen molar-refractivity contribution in [3.63, 3.8) is 0 Å². The number of nitrogens with two attached hydrogens (primary N) is 1. The Morgan fingerprint density at radius 2 is 1.67 bits per heavy atom. The predicted octanol–water partition coefficient (Wildman–Crippen LogP) is 6.05. The fraction of sp³-hybridized carbons (Fsp3) is 0.379. The first kappa shape index (κ1) is 25.4. The Labute approximate surface area is 212 Å². The monoisotopic (exact) mass is 484 g/mol. The molecular weight excluding hydrogens is 448 g/mol. The van der Waals surface area contributed by atoms with Crippen LogP contribution in [0.3, 0.4) is 0 Å². The maximum Gasteiger partial charge on any atom is 0.257 e. The molecule has 0 bridgehead atoms. The van der Waals surface area contributed by atoms with Crippen molar-refractivity contribution in [1.29, 1.82) is 0 Å². The van der Waals surface area contributed by atoms with Gasteiger partial charge in [0.2, 0.25) is 0 Å². The van der Waals surface area contributed by atoms with E-state index in [9.17, 15) is 4.79 Å². The summed E-state index contributed by atoms with van der Waals surface area (Å²) < 4.78 is 1.52. The zero-order valence-electron chi connectivity index (χ0n) is 21.7. The van der Waals surface area contributed by atoms with Gasteiger partial charge in [-0.3, -0.25) is 4.79 Å². The molecule has 0 aliphatic rings. The summed E-state index contributed by atoms with van der Waals surface area (Å²) in [5.41, 5.74) is 11.4. The van der Waals surface area contributed by atoms with Gasteiger partial charge in [-0.2, -0.15) is 9.78 Å². The van der Waals surface area contributed by atoms with Crippen LogP contribution in [0.25, 0.3) is 22.2 Å². The lowest BCUT2D eigenvalue weighted by Crippen LogP contribution is -2.25. The summed E-state index contributed by atoms with van der Waals surface area (Å²) in [5, 5.41) is 7.63. The summed E-state index contributed by atoms with van der Waals surface area (Å²) in [6.45, 7) is 9.34. The molecule has 2 aromatic carbocycles. The highest BCUT2D eigenvalue weighted by molar-refractivity contribution is 6.10. The van der Waals surface area contributed by atoms with Gasteiger partial charge in [0.1, 0.15) is 16.9 Å². The third-order valence-corrected chi connectivity index (χ3v) is 6.37. The van der Waals surface area contributed by atoms with E-state index < -0.39 is 0 Å². The van der Waals surface area contributed by atoms with E-state index in [0.717, 1.165) is 23.9 Å². The lowest BCUT2D eigenvalue weighted by atomic mass is 9.87. The average Bonchev–Trinajstić information content (AvgIpc) is 3.13. The normalized spacial score (nSPS) is 12.1. The molecule has 3 N–H and O–H groups in total. The topological polar surface area (TPSA) is 98.2 Å². The van der Waals surface area contributed by atoms with Gasteiger partial charge in [0.25, 0.3) is 5.91 Å². The third kappa shape index (κ3) is 5.56. The third-order valence-electron chi connectivity index (χ3n) is 6.37. The van der Waals surface area contributed by atoms with Gasteiger partial charge in [-0.25, -0.2) is 9.97 Å². The van der Waals surface area contributed by atoms with Crippen LogP contribution in [0.5, 0.6) is 0 Å². The number of unbranched alkanes of at least 4 members (excludes halogenated alkanes) is 4. The number of hydrogen-bond acceptors (Lipinski definition) is 5. The minimum Gasteiger partial charge on any atom is -0.383 e. The second kappa shape index (κ2) is 10.9. The molecule has 36 heavy (non-hydrogen) atoms. The number of nitrogens with one attached hydrogen (secondary N) is 1. The molecule has 7 nitrogen and oxygen atoms in total. The molecule has 0 fully saturated rings. The fourth-order valence-electron chi connectivity index (χ4n) is 4.20. The number of aromatic nitrogens is 3. The lowest BCUT2D eigenvalue weighted by Gasteiger charge is -2.18. The van der Waals surface area contributed by atoms with Gasteiger partial charge < -0.3 is 11.1 Å². The smallest absolute Gasteiger partial charge is 0.257 e. The molecule has 2 aromatic heterocycles. The van der Waals surface area contributed by atoms with E-state index in [1.807, 2.05) is 36.4 Å². The second-order valence-corrected chi connectivity index (χ2v) is 10.2. The molecule has 7 heteroatoms. The molecule has 4 rings (SSSR count). The highest BCUT2D eigenvalue weighted by Gasteiger charge is 2.24. The average molecular weight is 485 g/mol. The number of amides is 1. The van der Waals surface area contributed by atoms with E-state index >= 15 is 0 Å². The lowest BCUT2D eigenvalue weighted by molar-refractivity contribution is 0.0955. The van der Waals surface area contributed by atoms with Crippen LogP contribution in [-0.4, -0.2) is 33.3 Å². The standard InChI is InChI=1S/C29H36N6O/c1-5-6-7-8-11-18-31-28(36)24-25-27(34-23-13-10-9-12-22(23)33-25)35(26(24)30)32-19-20-14-16-21(17-15-20)29(2,3)4/h9-10,12-17,19H,5-8,11,18,30H2,1-4H3,(H,31,36)/b32-19-.